The zero-order valence-corrected chi connectivity index (χ0v) is 13.2. The number of aromatic amines is 1. The van der Waals surface area contributed by atoms with E-state index in [0.29, 0.717) is 18.5 Å². The first kappa shape index (κ1) is 16.2. The van der Waals surface area contributed by atoms with Gasteiger partial charge in [-0.2, -0.15) is 0 Å². The molecule has 3 N–H and O–H groups in total. The second-order valence-corrected chi connectivity index (χ2v) is 6.32. The van der Waals surface area contributed by atoms with Crippen LogP contribution in [-0.4, -0.2) is 29.1 Å². The average molecular weight is 302 g/mol. The van der Waals surface area contributed by atoms with Crippen molar-refractivity contribution < 1.29 is 9.90 Å². The number of hydrogen-bond acceptors (Lipinski definition) is 3. The predicted molar refractivity (Wildman–Crippen MR) is 87.1 cm³/mol. The van der Waals surface area contributed by atoms with Gasteiger partial charge in [0.2, 0.25) is 0 Å². The van der Waals surface area contributed by atoms with Crippen LogP contribution in [0.15, 0.2) is 29.1 Å². The number of amides is 1. The van der Waals surface area contributed by atoms with Crippen molar-refractivity contribution in [3.63, 3.8) is 0 Å². The summed E-state index contributed by atoms with van der Waals surface area (Å²) in [5, 5.41) is 12.7. The number of fused-ring (bicyclic) bond motifs is 1. The third-order valence-electron chi connectivity index (χ3n) is 3.92. The second-order valence-electron chi connectivity index (χ2n) is 6.32. The number of H-pyrrole nitrogens is 1. The normalized spacial score (nSPS) is 11.6. The first-order valence-corrected chi connectivity index (χ1v) is 7.36. The summed E-state index contributed by atoms with van der Waals surface area (Å²) in [7, 11) is 0. The Hall–Kier alpha value is -2.14. The molecule has 0 atom stereocenters. The van der Waals surface area contributed by atoms with Crippen LogP contribution in [-0.2, 0) is 0 Å². The highest BCUT2D eigenvalue weighted by Crippen LogP contribution is 2.19. The lowest BCUT2D eigenvalue weighted by molar-refractivity contribution is 0.0926. The number of aryl methyl sites for hydroxylation is 1. The summed E-state index contributed by atoms with van der Waals surface area (Å²) in [5.41, 5.74) is 0.952. The summed E-state index contributed by atoms with van der Waals surface area (Å²) < 4.78 is 0. The zero-order valence-electron chi connectivity index (χ0n) is 13.2. The van der Waals surface area contributed by atoms with Crippen molar-refractivity contribution in [3.8, 4) is 0 Å². The van der Waals surface area contributed by atoms with E-state index in [-0.39, 0.29) is 29.1 Å². The van der Waals surface area contributed by atoms with Gasteiger partial charge < -0.3 is 15.4 Å². The van der Waals surface area contributed by atoms with E-state index in [1.54, 1.807) is 6.92 Å². The van der Waals surface area contributed by atoms with Gasteiger partial charge >= 0.3 is 0 Å². The maximum atomic E-state index is 12.4. The van der Waals surface area contributed by atoms with Gasteiger partial charge in [0.25, 0.3) is 11.5 Å². The summed E-state index contributed by atoms with van der Waals surface area (Å²) in [6, 6.07) is 7.41. The van der Waals surface area contributed by atoms with Crippen molar-refractivity contribution in [1.29, 1.82) is 0 Å². The van der Waals surface area contributed by atoms with E-state index in [2.05, 4.69) is 10.3 Å². The number of rotatable bonds is 5. The van der Waals surface area contributed by atoms with Gasteiger partial charge in [-0.25, -0.2) is 0 Å². The molecule has 5 nitrogen and oxygen atoms in total. The third kappa shape index (κ3) is 3.36. The van der Waals surface area contributed by atoms with Crippen LogP contribution in [0.25, 0.3) is 10.9 Å². The first-order chi connectivity index (χ1) is 10.4. The molecule has 0 saturated heterocycles. The molecule has 5 heteroatoms. The predicted octanol–water partition coefficient (Wildman–Crippen LogP) is 1.97. The molecule has 0 spiro atoms. The summed E-state index contributed by atoms with van der Waals surface area (Å²) in [4.78, 5) is 27.3. The minimum Gasteiger partial charge on any atom is -0.396 e. The van der Waals surface area contributed by atoms with Gasteiger partial charge in [0.05, 0.1) is 0 Å². The van der Waals surface area contributed by atoms with Crippen molar-refractivity contribution in [2.45, 2.75) is 27.2 Å². The smallest absolute Gasteiger partial charge is 0.261 e. The zero-order chi connectivity index (χ0) is 16.3. The average Bonchev–Trinajstić information content (AvgIpc) is 2.45. The molecule has 22 heavy (non-hydrogen) atoms. The minimum absolute atomic E-state index is 0.0679. The van der Waals surface area contributed by atoms with Crippen LogP contribution in [0, 0.1) is 12.3 Å². The Morgan fingerprint density at radius 3 is 2.68 bits per heavy atom. The van der Waals surface area contributed by atoms with Gasteiger partial charge in [0.15, 0.2) is 0 Å². The summed E-state index contributed by atoms with van der Waals surface area (Å²) in [6.45, 7) is 6.17. The minimum atomic E-state index is -0.381. The van der Waals surface area contributed by atoms with Crippen molar-refractivity contribution in [2.75, 3.05) is 13.2 Å². The van der Waals surface area contributed by atoms with Crippen LogP contribution >= 0.6 is 0 Å². The van der Waals surface area contributed by atoms with Crippen molar-refractivity contribution in [2.24, 2.45) is 5.41 Å². The number of nitrogens with one attached hydrogen (secondary N) is 2. The number of carbonyl (C=O) groups is 1. The number of pyridine rings is 1. The standard InChI is InChI=1S/C17H22N2O3/c1-11-12-6-4-5-7-13(12)19-16(22)14(11)15(21)18-10-17(2,3)8-9-20/h4-7,20H,8-10H2,1-3H3,(H,18,21)(H,19,22). The Morgan fingerprint density at radius 1 is 1.32 bits per heavy atom. The molecule has 0 fully saturated rings. The molecule has 0 aliphatic heterocycles. The Balaban J connectivity index is 2.31. The molecular formula is C17H22N2O3. The largest absolute Gasteiger partial charge is 0.396 e. The fraction of sp³-hybridized carbons (Fsp3) is 0.412. The lowest BCUT2D eigenvalue weighted by Crippen LogP contribution is -2.37. The lowest BCUT2D eigenvalue weighted by Gasteiger charge is -2.24. The van der Waals surface area contributed by atoms with Crippen LogP contribution < -0.4 is 10.9 Å². The molecule has 0 aliphatic rings. The summed E-state index contributed by atoms with van der Waals surface area (Å²) in [6.07, 6.45) is 0.584. The monoisotopic (exact) mass is 302 g/mol. The molecule has 0 radical (unpaired) electrons. The van der Waals surface area contributed by atoms with E-state index in [9.17, 15) is 9.59 Å². The van der Waals surface area contributed by atoms with Gasteiger partial charge in [-0.1, -0.05) is 32.0 Å². The molecule has 1 aromatic heterocycles. The molecule has 2 aromatic rings. The molecular weight excluding hydrogens is 280 g/mol. The van der Waals surface area contributed by atoms with Gasteiger partial charge in [0, 0.05) is 24.1 Å². The van der Waals surface area contributed by atoms with Crippen LogP contribution in [0.2, 0.25) is 0 Å². The SMILES string of the molecule is Cc1c(C(=O)NCC(C)(C)CCO)c(=O)[nH]c2ccccc12. The Kier molecular flexibility index (Phi) is 4.66. The highest BCUT2D eigenvalue weighted by molar-refractivity contribution is 5.99. The first-order valence-electron chi connectivity index (χ1n) is 7.36. The maximum Gasteiger partial charge on any atom is 0.261 e. The van der Waals surface area contributed by atoms with Gasteiger partial charge in [0.1, 0.15) is 5.56 Å². The molecule has 1 heterocycles. The maximum absolute atomic E-state index is 12.4. The summed E-state index contributed by atoms with van der Waals surface area (Å²) >= 11 is 0. The van der Waals surface area contributed by atoms with E-state index in [0.717, 1.165) is 10.9 Å². The van der Waals surface area contributed by atoms with Crippen molar-refractivity contribution >= 4 is 16.8 Å². The van der Waals surface area contributed by atoms with E-state index in [1.165, 1.54) is 0 Å². The highest BCUT2D eigenvalue weighted by atomic mass is 16.3. The number of para-hydroxylation sites is 1. The van der Waals surface area contributed by atoms with Gasteiger partial charge in [-0.3, -0.25) is 9.59 Å². The molecule has 0 bridgehead atoms. The Morgan fingerprint density at radius 2 is 2.00 bits per heavy atom. The molecule has 0 unspecified atom stereocenters. The highest BCUT2D eigenvalue weighted by Gasteiger charge is 2.21. The number of carbonyl (C=O) groups excluding carboxylic acids is 1. The van der Waals surface area contributed by atoms with E-state index in [1.807, 2.05) is 38.1 Å². The number of aliphatic hydroxyl groups excluding tert-OH is 1. The number of aromatic nitrogens is 1. The van der Waals surface area contributed by atoms with E-state index in [4.69, 9.17) is 5.11 Å². The second kappa shape index (κ2) is 6.32. The van der Waals surface area contributed by atoms with Crippen molar-refractivity contribution in [3.05, 3.63) is 45.7 Å². The quantitative estimate of drug-likeness (QED) is 0.790. The number of hydrogen-bond donors (Lipinski definition) is 3. The topological polar surface area (TPSA) is 82.2 Å². The Labute approximate surface area is 129 Å². The lowest BCUT2D eigenvalue weighted by atomic mass is 9.89. The molecule has 0 saturated carbocycles. The number of benzene rings is 1. The molecule has 2 rings (SSSR count). The van der Waals surface area contributed by atoms with Crippen LogP contribution in [0.3, 0.4) is 0 Å². The van der Waals surface area contributed by atoms with E-state index >= 15 is 0 Å². The number of aliphatic hydroxyl groups is 1. The van der Waals surface area contributed by atoms with Crippen LogP contribution in [0.5, 0.6) is 0 Å². The molecule has 0 aliphatic carbocycles. The van der Waals surface area contributed by atoms with E-state index < -0.39 is 0 Å². The van der Waals surface area contributed by atoms with Crippen molar-refractivity contribution in [1.82, 2.24) is 10.3 Å². The molecule has 1 aromatic carbocycles. The molecule has 118 valence electrons. The van der Waals surface area contributed by atoms with Gasteiger partial charge in [-0.15, -0.1) is 0 Å². The fourth-order valence-corrected chi connectivity index (χ4v) is 2.48. The van der Waals surface area contributed by atoms with Gasteiger partial charge in [-0.05, 0) is 30.4 Å². The molecule has 1 amide bonds. The van der Waals surface area contributed by atoms with Crippen LogP contribution in [0.4, 0.5) is 0 Å². The third-order valence-corrected chi connectivity index (χ3v) is 3.92. The fourth-order valence-electron chi connectivity index (χ4n) is 2.48. The summed E-state index contributed by atoms with van der Waals surface area (Å²) in [5.74, 6) is -0.379. The van der Waals surface area contributed by atoms with Crippen LogP contribution in [0.1, 0.15) is 36.2 Å². The Bertz CT molecular complexity index is 747.